The van der Waals surface area contributed by atoms with E-state index in [4.69, 9.17) is 16.1 Å². The summed E-state index contributed by atoms with van der Waals surface area (Å²) in [6.07, 6.45) is 0.712. The molecule has 1 N–H and O–H groups in total. The van der Waals surface area contributed by atoms with Gasteiger partial charge in [-0.2, -0.15) is 0 Å². The van der Waals surface area contributed by atoms with Crippen LogP contribution in [0, 0.1) is 6.92 Å². The normalized spacial score (nSPS) is 10.4. The van der Waals surface area contributed by atoms with E-state index in [2.05, 4.69) is 15.5 Å². The minimum absolute atomic E-state index is 0.290. The van der Waals surface area contributed by atoms with Crippen molar-refractivity contribution in [2.45, 2.75) is 20.3 Å². The number of nitrogens with one attached hydrogen (secondary N) is 1. The van der Waals surface area contributed by atoms with Gasteiger partial charge >= 0.3 is 0 Å². The number of aromatic nitrogens is 2. The minimum Gasteiger partial charge on any atom is -0.360 e. The molecular formula is C12H12ClN3O2. The fraction of sp³-hybridized carbons (Fsp3) is 0.250. The molecule has 0 unspecified atom stereocenters. The molecule has 2 aromatic rings. The first-order valence-corrected chi connectivity index (χ1v) is 5.87. The van der Waals surface area contributed by atoms with Crippen LogP contribution in [0.15, 0.2) is 22.7 Å². The quantitative estimate of drug-likeness (QED) is 0.867. The first-order valence-electron chi connectivity index (χ1n) is 5.49. The number of carbonyl (C=O) groups excluding carboxylic acids is 1. The molecule has 0 spiro atoms. The molecule has 0 atom stereocenters. The average Bonchev–Trinajstić information content (AvgIpc) is 2.73. The number of carbonyl (C=O) groups is 1. The van der Waals surface area contributed by atoms with Gasteiger partial charge in [-0.25, -0.2) is 4.98 Å². The molecule has 0 saturated carbocycles. The van der Waals surface area contributed by atoms with E-state index in [0.29, 0.717) is 28.7 Å². The van der Waals surface area contributed by atoms with Gasteiger partial charge in [0.1, 0.15) is 10.9 Å². The van der Waals surface area contributed by atoms with E-state index >= 15 is 0 Å². The molecule has 6 heteroatoms. The zero-order valence-corrected chi connectivity index (χ0v) is 10.8. The Kier molecular flexibility index (Phi) is 3.62. The van der Waals surface area contributed by atoms with E-state index in [1.807, 2.05) is 6.92 Å². The average molecular weight is 266 g/mol. The summed E-state index contributed by atoms with van der Waals surface area (Å²) < 4.78 is 4.87. The summed E-state index contributed by atoms with van der Waals surface area (Å²) in [6.45, 7) is 3.70. The highest BCUT2D eigenvalue weighted by Gasteiger charge is 2.11. The molecule has 0 aliphatic rings. The van der Waals surface area contributed by atoms with Crippen LogP contribution in [0.25, 0.3) is 0 Å². The maximum absolute atomic E-state index is 12.0. The molecule has 0 radical (unpaired) electrons. The highest BCUT2D eigenvalue weighted by atomic mass is 35.5. The molecule has 0 aliphatic heterocycles. The van der Waals surface area contributed by atoms with Crippen LogP contribution >= 0.6 is 11.6 Å². The summed E-state index contributed by atoms with van der Waals surface area (Å²) >= 11 is 5.85. The molecule has 0 bridgehead atoms. The molecule has 2 rings (SSSR count). The third kappa shape index (κ3) is 2.87. The molecule has 1 amide bonds. The van der Waals surface area contributed by atoms with Gasteiger partial charge in [0.25, 0.3) is 5.91 Å². The van der Waals surface area contributed by atoms with Crippen molar-refractivity contribution >= 4 is 23.3 Å². The van der Waals surface area contributed by atoms with Gasteiger partial charge in [-0.05, 0) is 25.5 Å². The fourth-order valence-electron chi connectivity index (χ4n) is 1.48. The van der Waals surface area contributed by atoms with Crippen LogP contribution in [0.1, 0.15) is 28.7 Å². The Morgan fingerprint density at radius 2 is 2.22 bits per heavy atom. The van der Waals surface area contributed by atoms with Gasteiger partial charge < -0.3 is 9.84 Å². The number of aryl methyl sites for hydroxylation is 2. The van der Waals surface area contributed by atoms with Crippen molar-refractivity contribution < 1.29 is 9.32 Å². The van der Waals surface area contributed by atoms with Crippen molar-refractivity contribution in [3.8, 4) is 0 Å². The SMILES string of the molecule is CCc1cc(C(=O)Nc2cc(C)on2)cc(Cl)n1. The second-order valence-electron chi connectivity index (χ2n) is 3.80. The summed E-state index contributed by atoms with van der Waals surface area (Å²) in [6, 6.07) is 4.86. The Bertz CT molecular complexity index is 580. The van der Waals surface area contributed by atoms with Crippen molar-refractivity contribution in [3.05, 3.63) is 40.4 Å². The van der Waals surface area contributed by atoms with Crippen LogP contribution in [-0.4, -0.2) is 16.0 Å². The fourth-order valence-corrected chi connectivity index (χ4v) is 1.70. The maximum atomic E-state index is 12.0. The molecule has 94 valence electrons. The Hall–Kier alpha value is -1.88. The molecular weight excluding hydrogens is 254 g/mol. The number of rotatable bonds is 3. The lowest BCUT2D eigenvalue weighted by Gasteiger charge is -2.04. The number of anilines is 1. The van der Waals surface area contributed by atoms with Crippen LogP contribution in [0.4, 0.5) is 5.82 Å². The molecule has 5 nitrogen and oxygen atoms in total. The van der Waals surface area contributed by atoms with Crippen molar-refractivity contribution in [2.75, 3.05) is 5.32 Å². The Morgan fingerprint density at radius 3 is 2.83 bits per heavy atom. The second kappa shape index (κ2) is 5.18. The molecule has 2 heterocycles. The van der Waals surface area contributed by atoms with Gasteiger partial charge in [-0.3, -0.25) is 4.79 Å². The maximum Gasteiger partial charge on any atom is 0.257 e. The summed E-state index contributed by atoms with van der Waals surface area (Å²) in [5.74, 6) is 0.720. The largest absolute Gasteiger partial charge is 0.360 e. The molecule has 0 aliphatic carbocycles. The summed E-state index contributed by atoms with van der Waals surface area (Å²) in [5.41, 5.74) is 1.22. The van der Waals surface area contributed by atoms with Gasteiger partial charge in [0, 0.05) is 17.3 Å². The minimum atomic E-state index is -0.290. The third-order valence-electron chi connectivity index (χ3n) is 2.34. The van der Waals surface area contributed by atoms with E-state index in [0.717, 1.165) is 5.69 Å². The van der Waals surface area contributed by atoms with Gasteiger partial charge in [-0.15, -0.1) is 0 Å². The third-order valence-corrected chi connectivity index (χ3v) is 2.53. The lowest BCUT2D eigenvalue weighted by molar-refractivity contribution is 0.102. The molecule has 0 saturated heterocycles. The zero-order chi connectivity index (χ0) is 13.1. The van der Waals surface area contributed by atoms with E-state index in [1.54, 1.807) is 19.1 Å². The Balaban J connectivity index is 2.20. The number of pyridine rings is 1. The predicted molar refractivity (Wildman–Crippen MR) is 67.8 cm³/mol. The standard InChI is InChI=1S/C12H12ClN3O2/c1-3-9-5-8(6-10(13)14-9)12(17)15-11-4-7(2)18-16-11/h4-6H,3H2,1-2H3,(H,15,16,17). The van der Waals surface area contributed by atoms with Crippen molar-refractivity contribution in [2.24, 2.45) is 0 Å². The Labute approximate surface area is 109 Å². The summed E-state index contributed by atoms with van der Waals surface area (Å²) in [4.78, 5) is 16.1. The zero-order valence-electron chi connectivity index (χ0n) is 10.0. The molecule has 2 aromatic heterocycles. The van der Waals surface area contributed by atoms with E-state index in [9.17, 15) is 4.79 Å². The van der Waals surface area contributed by atoms with Crippen molar-refractivity contribution in [1.82, 2.24) is 10.1 Å². The number of nitrogens with zero attached hydrogens (tertiary/aromatic N) is 2. The lowest BCUT2D eigenvalue weighted by atomic mass is 10.2. The van der Waals surface area contributed by atoms with Crippen LogP contribution < -0.4 is 5.32 Å². The first kappa shape index (κ1) is 12.6. The summed E-state index contributed by atoms with van der Waals surface area (Å²) in [5, 5.41) is 6.62. The molecule has 0 fully saturated rings. The molecule has 18 heavy (non-hydrogen) atoms. The number of hydrogen-bond donors (Lipinski definition) is 1. The van der Waals surface area contributed by atoms with Crippen molar-refractivity contribution in [1.29, 1.82) is 0 Å². The lowest BCUT2D eigenvalue weighted by Crippen LogP contribution is -2.13. The smallest absolute Gasteiger partial charge is 0.257 e. The second-order valence-corrected chi connectivity index (χ2v) is 4.19. The van der Waals surface area contributed by atoms with Crippen LogP contribution in [0.2, 0.25) is 5.15 Å². The number of amides is 1. The monoisotopic (exact) mass is 265 g/mol. The van der Waals surface area contributed by atoms with E-state index in [1.165, 1.54) is 6.07 Å². The highest BCUT2D eigenvalue weighted by molar-refractivity contribution is 6.29. The van der Waals surface area contributed by atoms with Gasteiger partial charge in [0.2, 0.25) is 0 Å². The topological polar surface area (TPSA) is 68.0 Å². The van der Waals surface area contributed by atoms with Crippen LogP contribution in [0.5, 0.6) is 0 Å². The van der Waals surface area contributed by atoms with Crippen molar-refractivity contribution in [3.63, 3.8) is 0 Å². The van der Waals surface area contributed by atoms with Gasteiger partial charge in [0.05, 0.1) is 0 Å². The number of halogens is 1. The highest BCUT2D eigenvalue weighted by Crippen LogP contribution is 2.14. The molecule has 0 aromatic carbocycles. The number of hydrogen-bond acceptors (Lipinski definition) is 4. The van der Waals surface area contributed by atoms with Gasteiger partial charge in [-0.1, -0.05) is 23.7 Å². The van der Waals surface area contributed by atoms with Gasteiger partial charge in [0.15, 0.2) is 5.82 Å². The van der Waals surface area contributed by atoms with Crippen LogP contribution in [-0.2, 0) is 6.42 Å². The predicted octanol–water partition coefficient (Wildman–Crippen LogP) is 2.85. The Morgan fingerprint density at radius 1 is 1.44 bits per heavy atom. The van der Waals surface area contributed by atoms with Crippen LogP contribution in [0.3, 0.4) is 0 Å². The van der Waals surface area contributed by atoms with E-state index < -0.39 is 0 Å². The first-order chi connectivity index (χ1) is 8.58. The van der Waals surface area contributed by atoms with E-state index in [-0.39, 0.29) is 5.91 Å². The summed E-state index contributed by atoms with van der Waals surface area (Å²) in [7, 11) is 0.